The summed E-state index contributed by atoms with van der Waals surface area (Å²) in [4.78, 5) is 44.5. The van der Waals surface area contributed by atoms with Gasteiger partial charge in [0.15, 0.2) is 0 Å². The van der Waals surface area contributed by atoms with E-state index >= 15 is 0 Å². The molecule has 13 heteroatoms. The third-order valence-electron chi connectivity index (χ3n) is 7.76. The van der Waals surface area contributed by atoms with Crippen LogP contribution in [0.5, 0.6) is 11.5 Å². The highest BCUT2D eigenvalue weighted by atomic mass is 32.2. The lowest BCUT2D eigenvalue weighted by Crippen LogP contribution is -2.36. The Morgan fingerprint density at radius 3 is 2.23 bits per heavy atom. The first-order chi connectivity index (χ1) is 24.6. The van der Waals surface area contributed by atoms with Crippen molar-refractivity contribution in [1.82, 2.24) is 15.3 Å². The first-order valence-electron chi connectivity index (χ1n) is 17.5. The van der Waals surface area contributed by atoms with E-state index in [0.29, 0.717) is 74.1 Å². The second-order valence-electron chi connectivity index (χ2n) is 14.9. The summed E-state index contributed by atoms with van der Waals surface area (Å²) in [5, 5.41) is 2.73. The first-order valence-corrected chi connectivity index (χ1v) is 18.3. The molecule has 0 aliphatic carbocycles. The maximum Gasteiger partial charge on any atom is 0.312 e. The molecule has 2 N–H and O–H groups in total. The second-order valence-corrected chi connectivity index (χ2v) is 15.7. The van der Waals surface area contributed by atoms with E-state index in [2.05, 4.69) is 33.9 Å². The number of benzene rings is 2. The highest BCUT2D eigenvalue weighted by Crippen LogP contribution is 2.39. The number of nitrogens with one attached hydrogen (secondary N) is 2. The lowest BCUT2D eigenvalue weighted by atomic mass is 9.72. The zero-order chi connectivity index (χ0) is 38.2. The molecule has 2 aromatic carbocycles. The van der Waals surface area contributed by atoms with Crippen LogP contribution in [0.25, 0.3) is 0 Å². The summed E-state index contributed by atoms with van der Waals surface area (Å²) >= 11 is 1.30. The van der Waals surface area contributed by atoms with E-state index in [0.717, 1.165) is 24.2 Å². The Morgan fingerprint density at radius 1 is 0.885 bits per heavy atom. The summed E-state index contributed by atoms with van der Waals surface area (Å²) in [5.74, 6) is 0.744. The third kappa shape index (κ3) is 15.7. The number of hydrogen-bond acceptors (Lipinski definition) is 11. The van der Waals surface area contributed by atoms with Crippen molar-refractivity contribution in [3.05, 3.63) is 71.8 Å². The molecule has 284 valence electrons. The van der Waals surface area contributed by atoms with Gasteiger partial charge >= 0.3 is 5.97 Å². The highest BCUT2D eigenvalue weighted by molar-refractivity contribution is 8.00. The van der Waals surface area contributed by atoms with Crippen molar-refractivity contribution in [2.24, 2.45) is 10.8 Å². The minimum atomic E-state index is -0.599. The van der Waals surface area contributed by atoms with Crippen molar-refractivity contribution in [1.29, 1.82) is 0 Å². The molecule has 0 bridgehead atoms. The van der Waals surface area contributed by atoms with Gasteiger partial charge in [0.2, 0.25) is 5.95 Å². The average Bonchev–Trinajstić information content (AvgIpc) is 3.07. The van der Waals surface area contributed by atoms with Gasteiger partial charge in [0.05, 0.1) is 30.8 Å². The number of nitrogens with zero attached hydrogens (tertiary/aromatic N) is 2. The molecule has 0 aliphatic heterocycles. The maximum atomic E-state index is 14.7. The lowest BCUT2D eigenvalue weighted by Gasteiger charge is -2.35. The van der Waals surface area contributed by atoms with Crippen molar-refractivity contribution in [2.45, 2.75) is 91.1 Å². The molecule has 1 aromatic heterocycles. The normalized spacial score (nSPS) is 11.9. The van der Waals surface area contributed by atoms with Crippen molar-refractivity contribution in [3.8, 4) is 11.5 Å². The molecule has 1 amide bonds. The van der Waals surface area contributed by atoms with Crippen molar-refractivity contribution >= 4 is 36.1 Å². The van der Waals surface area contributed by atoms with Crippen LogP contribution in [0, 0.1) is 16.6 Å². The van der Waals surface area contributed by atoms with Crippen LogP contribution < -0.4 is 14.8 Å². The first kappa shape index (κ1) is 42.3. The number of aryl methyl sites for hydroxylation is 1. The Hall–Kier alpha value is -4.07. The van der Waals surface area contributed by atoms with E-state index in [1.165, 1.54) is 30.4 Å². The molecule has 0 atom stereocenters. The fraction of sp³-hybridized carbons (Fsp3) is 0.513. The van der Waals surface area contributed by atoms with Crippen molar-refractivity contribution < 1.29 is 37.7 Å². The fourth-order valence-electron chi connectivity index (χ4n) is 5.50. The summed E-state index contributed by atoms with van der Waals surface area (Å²) in [7, 11) is 0. The molecule has 0 radical (unpaired) electrons. The van der Waals surface area contributed by atoms with E-state index in [1.807, 2.05) is 58.9 Å². The van der Waals surface area contributed by atoms with Crippen molar-refractivity contribution in [2.75, 3.05) is 37.7 Å². The zero-order valence-corrected chi connectivity index (χ0v) is 32.2. The number of esters is 1. The van der Waals surface area contributed by atoms with Gasteiger partial charge in [-0.25, -0.2) is 14.4 Å². The Morgan fingerprint density at radius 2 is 1.56 bits per heavy atom. The number of anilines is 1. The number of hydrogen-bond donors (Lipinski definition) is 2. The average molecular weight is 741 g/mol. The Labute approximate surface area is 311 Å². The van der Waals surface area contributed by atoms with Crippen LogP contribution in [0.15, 0.2) is 59.8 Å². The number of aldehydes is 1. The molecular formula is C39H53FN4O7S. The zero-order valence-electron chi connectivity index (χ0n) is 31.4. The Kier molecular flexibility index (Phi) is 16.5. The summed E-state index contributed by atoms with van der Waals surface area (Å²) in [6, 6.07) is 12.2. The van der Waals surface area contributed by atoms with Crippen LogP contribution in [-0.4, -0.2) is 66.7 Å². The SMILES string of the molecule is CC(C)(CCCCc1cc(Oc2ccc(SNc3ncc(C(=O)NCCOCCOCC=O)cn3)cc2)ccc1F)CC(C)(C)C(=O)OC(C)(C)C. The van der Waals surface area contributed by atoms with Gasteiger partial charge in [0, 0.05) is 23.8 Å². The number of amides is 1. The lowest BCUT2D eigenvalue weighted by molar-refractivity contribution is -0.167. The van der Waals surface area contributed by atoms with E-state index in [1.54, 1.807) is 12.1 Å². The smallest absolute Gasteiger partial charge is 0.312 e. The molecule has 3 rings (SSSR count). The molecule has 0 unspecified atom stereocenters. The number of carbonyl (C=O) groups excluding carboxylic acids is 3. The number of unbranched alkanes of at least 4 members (excludes halogenated alkanes) is 1. The number of aromatic nitrogens is 2. The van der Waals surface area contributed by atoms with Gasteiger partial charge in [-0.15, -0.1) is 0 Å². The predicted molar refractivity (Wildman–Crippen MR) is 200 cm³/mol. The molecule has 0 saturated carbocycles. The largest absolute Gasteiger partial charge is 0.460 e. The molecule has 3 aromatic rings. The van der Waals surface area contributed by atoms with Crippen LogP contribution in [0.3, 0.4) is 0 Å². The minimum Gasteiger partial charge on any atom is -0.460 e. The van der Waals surface area contributed by atoms with Gasteiger partial charge in [0.25, 0.3) is 5.91 Å². The third-order valence-corrected chi connectivity index (χ3v) is 8.55. The molecule has 0 fully saturated rings. The summed E-state index contributed by atoms with van der Waals surface area (Å²) in [6.07, 6.45) is 7.44. The van der Waals surface area contributed by atoms with Gasteiger partial charge in [-0.2, -0.15) is 0 Å². The standard InChI is InChI=1S/C39H53FN4O7S/c1-37(2,3)51-35(47)39(6,7)27-38(4,5)17-9-8-10-28-24-31(13-16-33(28)40)50-30-11-14-32(15-12-30)52-44-36-42-25-29(26-43-36)34(46)41-18-20-48-22-23-49-21-19-45/h11-16,19,24-26H,8-10,17-18,20-23,27H2,1-7H3,(H,41,46)(H,42,43,44). The van der Waals surface area contributed by atoms with E-state index in [9.17, 15) is 18.8 Å². The molecule has 52 heavy (non-hydrogen) atoms. The topological polar surface area (TPSA) is 138 Å². The molecule has 0 saturated heterocycles. The van der Waals surface area contributed by atoms with Gasteiger partial charge in [0.1, 0.15) is 35.8 Å². The predicted octanol–water partition coefficient (Wildman–Crippen LogP) is 7.99. The van der Waals surface area contributed by atoms with Crippen LogP contribution in [0.4, 0.5) is 10.3 Å². The quantitative estimate of drug-likeness (QED) is 0.0449. The van der Waals surface area contributed by atoms with Crippen LogP contribution >= 0.6 is 11.9 Å². The van der Waals surface area contributed by atoms with Crippen molar-refractivity contribution in [3.63, 3.8) is 0 Å². The van der Waals surface area contributed by atoms with E-state index in [4.69, 9.17) is 18.9 Å². The molecule has 11 nitrogen and oxygen atoms in total. The van der Waals surface area contributed by atoms with Gasteiger partial charge < -0.3 is 29.1 Å². The number of rotatable bonds is 22. The van der Waals surface area contributed by atoms with E-state index in [-0.39, 0.29) is 29.7 Å². The number of halogens is 1. The molecule has 0 aliphatic rings. The number of ether oxygens (including phenoxy) is 4. The van der Waals surface area contributed by atoms with Gasteiger partial charge in [-0.05, 0) is 126 Å². The number of carbonyl (C=O) groups is 3. The van der Waals surface area contributed by atoms with E-state index < -0.39 is 11.0 Å². The summed E-state index contributed by atoms with van der Waals surface area (Å²) in [6.45, 7) is 15.1. The molecular weight excluding hydrogens is 688 g/mol. The molecule has 0 spiro atoms. The summed E-state index contributed by atoms with van der Waals surface area (Å²) in [5.41, 5.74) is -0.278. The fourth-order valence-corrected chi connectivity index (χ4v) is 6.09. The Bertz CT molecular complexity index is 1580. The van der Waals surface area contributed by atoms with Gasteiger partial charge in [-0.1, -0.05) is 20.3 Å². The maximum absolute atomic E-state index is 14.7. The van der Waals surface area contributed by atoms with Crippen LogP contribution in [-0.2, 0) is 30.2 Å². The second kappa shape index (κ2) is 20.2. The monoisotopic (exact) mass is 740 g/mol. The molecule has 1 heterocycles. The van der Waals surface area contributed by atoms with Crippen LogP contribution in [0.2, 0.25) is 0 Å². The summed E-state index contributed by atoms with van der Waals surface area (Å²) < 4.78 is 39.7. The highest BCUT2D eigenvalue weighted by Gasteiger charge is 2.37. The van der Waals surface area contributed by atoms with Crippen LogP contribution in [0.1, 0.15) is 90.1 Å². The Balaban J connectivity index is 1.41. The van der Waals surface area contributed by atoms with Gasteiger partial charge in [-0.3, -0.25) is 14.3 Å². The minimum absolute atomic E-state index is 0.0356.